The second-order valence-corrected chi connectivity index (χ2v) is 15.0. The highest BCUT2D eigenvalue weighted by molar-refractivity contribution is 5.88. The molecule has 0 saturated heterocycles. The van der Waals surface area contributed by atoms with Crippen LogP contribution in [0.5, 0.6) is 0 Å². The zero-order valence-electron chi connectivity index (χ0n) is 32.1. The van der Waals surface area contributed by atoms with E-state index in [2.05, 4.69) is 20.8 Å². The Bertz CT molecular complexity index is 822. The maximum Gasteiger partial charge on any atom is 0.336 e. The number of hydrogen-bond donors (Lipinski definition) is 3. The van der Waals surface area contributed by atoms with E-state index < -0.39 is 48.1 Å². The van der Waals surface area contributed by atoms with Gasteiger partial charge in [-0.05, 0) is 44.9 Å². The lowest BCUT2D eigenvalue weighted by Gasteiger charge is -2.26. The van der Waals surface area contributed by atoms with Crippen LogP contribution in [0.2, 0.25) is 0 Å². The first-order chi connectivity index (χ1) is 23.5. The number of esters is 1. The van der Waals surface area contributed by atoms with Crippen molar-refractivity contribution in [2.75, 3.05) is 0 Å². The molecule has 3 N–H and O–H groups in total. The molecule has 7 nitrogen and oxygen atoms in total. The Morgan fingerprint density at radius 2 is 0.857 bits per heavy atom. The van der Waals surface area contributed by atoms with Gasteiger partial charge in [-0.1, -0.05) is 168 Å². The van der Waals surface area contributed by atoms with Crippen molar-refractivity contribution in [3.8, 4) is 0 Å². The Labute approximate surface area is 299 Å². The number of aliphatic carboxylic acids is 2. The molecular formula is C41H77FO7. The smallest absolute Gasteiger partial charge is 0.336 e. The molecule has 0 radical (unpaired) electrons. The number of alkyl halides is 1. The predicted molar refractivity (Wildman–Crippen MR) is 199 cm³/mol. The number of ether oxygens (including phenoxy) is 1. The maximum atomic E-state index is 16.3. The van der Waals surface area contributed by atoms with Gasteiger partial charge in [-0.3, -0.25) is 9.59 Å². The standard InChI is InChI=1S/C41H77FO7/c1-4-7-10-13-16-17-18-19-22-27-32-40(42,31-26-21-15-12-9-6-3)33-28-23-25-30-36(29-24-20-14-11-8-5-2)49-38(45)35-41(48,39(46)47)34-37(43)44/h36,48H,4-35H2,1-3H3,(H,43,44)(H,46,47). The van der Waals surface area contributed by atoms with Crippen LogP contribution >= 0.6 is 0 Å². The van der Waals surface area contributed by atoms with Crippen molar-refractivity contribution in [3.63, 3.8) is 0 Å². The van der Waals surface area contributed by atoms with Crippen molar-refractivity contribution in [3.05, 3.63) is 0 Å². The number of hydrogen-bond acceptors (Lipinski definition) is 5. The van der Waals surface area contributed by atoms with Crippen LogP contribution in [-0.4, -0.2) is 50.6 Å². The van der Waals surface area contributed by atoms with Crippen LogP contribution in [-0.2, 0) is 19.1 Å². The Balaban J connectivity index is 4.96. The van der Waals surface area contributed by atoms with Gasteiger partial charge in [0.15, 0.2) is 5.60 Å². The van der Waals surface area contributed by atoms with Crippen LogP contribution in [0.3, 0.4) is 0 Å². The van der Waals surface area contributed by atoms with Gasteiger partial charge in [-0.2, -0.15) is 0 Å². The first-order valence-corrected chi connectivity index (χ1v) is 20.6. The zero-order chi connectivity index (χ0) is 36.6. The van der Waals surface area contributed by atoms with Gasteiger partial charge in [0, 0.05) is 0 Å². The second-order valence-electron chi connectivity index (χ2n) is 15.0. The summed E-state index contributed by atoms with van der Waals surface area (Å²) in [5.74, 6) is -4.16. The molecule has 0 aliphatic heterocycles. The summed E-state index contributed by atoms with van der Waals surface area (Å²) < 4.78 is 21.9. The van der Waals surface area contributed by atoms with Crippen LogP contribution in [0, 0.1) is 0 Å². The summed E-state index contributed by atoms with van der Waals surface area (Å²) >= 11 is 0. The molecule has 0 amide bonds. The van der Waals surface area contributed by atoms with Crippen molar-refractivity contribution in [2.45, 2.75) is 244 Å². The molecule has 49 heavy (non-hydrogen) atoms. The van der Waals surface area contributed by atoms with E-state index in [9.17, 15) is 24.6 Å². The predicted octanol–water partition coefficient (Wildman–Crippen LogP) is 12.0. The summed E-state index contributed by atoms with van der Waals surface area (Å²) in [4.78, 5) is 35.3. The number of carbonyl (C=O) groups excluding carboxylic acids is 1. The molecule has 3 unspecified atom stereocenters. The third-order valence-corrected chi connectivity index (χ3v) is 10.1. The minimum Gasteiger partial charge on any atom is -0.481 e. The molecule has 0 aromatic heterocycles. The molecule has 8 heteroatoms. The van der Waals surface area contributed by atoms with Gasteiger partial charge in [0.2, 0.25) is 0 Å². The van der Waals surface area contributed by atoms with Crippen LogP contribution < -0.4 is 0 Å². The average Bonchev–Trinajstić information content (AvgIpc) is 3.04. The minimum absolute atomic E-state index is 0.438. The van der Waals surface area contributed by atoms with Crippen molar-refractivity contribution in [1.29, 1.82) is 0 Å². The van der Waals surface area contributed by atoms with E-state index in [-0.39, 0.29) is 0 Å². The maximum absolute atomic E-state index is 16.3. The molecule has 0 saturated carbocycles. The van der Waals surface area contributed by atoms with Gasteiger partial charge in [0.25, 0.3) is 0 Å². The monoisotopic (exact) mass is 701 g/mol. The molecule has 0 aliphatic rings. The Hall–Kier alpha value is -1.70. The number of unbranched alkanes of at least 4 members (excludes halogenated alkanes) is 21. The Morgan fingerprint density at radius 3 is 1.20 bits per heavy atom. The SMILES string of the molecule is CCCCCCCCCCCCC(F)(CCCCCCCC)CCCCCC(CCCCCCCC)OC(=O)CC(O)(CC(=O)O)C(=O)O. The molecule has 290 valence electrons. The van der Waals surface area contributed by atoms with Crippen LogP contribution in [0.1, 0.15) is 226 Å². The lowest BCUT2D eigenvalue weighted by Crippen LogP contribution is -2.43. The average molecular weight is 701 g/mol. The summed E-state index contributed by atoms with van der Waals surface area (Å²) in [5, 5.41) is 28.7. The summed E-state index contributed by atoms with van der Waals surface area (Å²) in [7, 11) is 0. The topological polar surface area (TPSA) is 121 Å². The van der Waals surface area contributed by atoms with E-state index in [0.29, 0.717) is 32.1 Å². The first-order valence-electron chi connectivity index (χ1n) is 20.6. The van der Waals surface area contributed by atoms with E-state index in [4.69, 9.17) is 9.84 Å². The fourth-order valence-electron chi connectivity index (χ4n) is 6.86. The highest BCUT2D eigenvalue weighted by atomic mass is 19.1. The zero-order valence-corrected chi connectivity index (χ0v) is 32.1. The van der Waals surface area contributed by atoms with Crippen molar-refractivity contribution in [2.24, 2.45) is 0 Å². The number of carboxylic acids is 2. The molecule has 0 aromatic carbocycles. The summed E-state index contributed by atoms with van der Waals surface area (Å²) in [6, 6.07) is 0. The van der Waals surface area contributed by atoms with E-state index in [0.717, 1.165) is 77.0 Å². The molecule has 0 bridgehead atoms. The number of carboxylic acid groups (broad SMARTS) is 2. The van der Waals surface area contributed by atoms with E-state index >= 15 is 4.39 Å². The Morgan fingerprint density at radius 1 is 0.531 bits per heavy atom. The number of carbonyl (C=O) groups is 3. The Kier molecular flexibility index (Phi) is 30.0. The van der Waals surface area contributed by atoms with E-state index in [1.165, 1.54) is 83.5 Å². The normalized spacial score (nSPS) is 14.6. The van der Waals surface area contributed by atoms with Gasteiger partial charge in [-0.15, -0.1) is 0 Å². The largest absolute Gasteiger partial charge is 0.481 e. The van der Waals surface area contributed by atoms with E-state index in [1.807, 2.05) is 0 Å². The molecular weight excluding hydrogens is 623 g/mol. The molecule has 3 atom stereocenters. The van der Waals surface area contributed by atoms with Crippen LogP contribution in [0.25, 0.3) is 0 Å². The lowest BCUT2D eigenvalue weighted by atomic mass is 9.86. The molecule has 0 heterocycles. The van der Waals surface area contributed by atoms with Gasteiger partial charge in [0.1, 0.15) is 11.8 Å². The van der Waals surface area contributed by atoms with Crippen molar-refractivity contribution >= 4 is 17.9 Å². The summed E-state index contributed by atoms with van der Waals surface area (Å²) in [5.41, 5.74) is -3.83. The lowest BCUT2D eigenvalue weighted by molar-refractivity contribution is -0.173. The molecule has 0 spiro atoms. The third kappa shape index (κ3) is 27.7. The van der Waals surface area contributed by atoms with Crippen molar-refractivity contribution < 1.29 is 38.8 Å². The van der Waals surface area contributed by atoms with Gasteiger partial charge < -0.3 is 20.1 Å². The highest BCUT2D eigenvalue weighted by Crippen LogP contribution is 2.33. The first kappa shape index (κ1) is 47.3. The van der Waals surface area contributed by atoms with Crippen LogP contribution in [0.4, 0.5) is 4.39 Å². The number of rotatable bonds is 37. The van der Waals surface area contributed by atoms with Crippen LogP contribution in [0.15, 0.2) is 0 Å². The minimum atomic E-state index is -2.71. The molecule has 0 aliphatic carbocycles. The quantitative estimate of drug-likeness (QED) is 0.0435. The van der Waals surface area contributed by atoms with Gasteiger partial charge >= 0.3 is 17.9 Å². The summed E-state index contributed by atoms with van der Waals surface area (Å²) in [6.07, 6.45) is 28.7. The second kappa shape index (κ2) is 31.1. The fourth-order valence-corrected chi connectivity index (χ4v) is 6.86. The third-order valence-electron chi connectivity index (χ3n) is 10.1. The van der Waals surface area contributed by atoms with Gasteiger partial charge in [0.05, 0.1) is 12.8 Å². The summed E-state index contributed by atoms with van der Waals surface area (Å²) in [6.45, 7) is 6.62. The number of halogens is 1. The van der Waals surface area contributed by atoms with Gasteiger partial charge in [-0.25, -0.2) is 9.18 Å². The molecule has 0 fully saturated rings. The highest BCUT2D eigenvalue weighted by Gasteiger charge is 2.41. The van der Waals surface area contributed by atoms with E-state index in [1.54, 1.807) is 0 Å². The fraction of sp³-hybridized carbons (Fsp3) is 0.927. The molecule has 0 aromatic rings. The number of aliphatic hydroxyl groups is 1. The molecule has 0 rings (SSSR count). The van der Waals surface area contributed by atoms with Crippen molar-refractivity contribution in [1.82, 2.24) is 0 Å².